The van der Waals surface area contributed by atoms with Crippen LogP contribution in [0.2, 0.25) is 0 Å². The van der Waals surface area contributed by atoms with Crippen molar-refractivity contribution >= 4 is 36.3 Å². The first-order valence-electron chi connectivity index (χ1n) is 9.17. The summed E-state index contributed by atoms with van der Waals surface area (Å²) in [5.41, 5.74) is 0. The fourth-order valence-corrected chi connectivity index (χ4v) is 3.26. The number of benzene rings is 1. The van der Waals surface area contributed by atoms with Gasteiger partial charge in [-0.2, -0.15) is 12.6 Å². The second-order valence-corrected chi connectivity index (χ2v) is 7.23. The van der Waals surface area contributed by atoms with Crippen molar-refractivity contribution in [1.29, 1.82) is 0 Å². The average Bonchev–Trinajstić information content (AvgIpc) is 2.65. The molecule has 2 rings (SSSR count). The fraction of sp³-hybridized carbons (Fsp3) is 0.500. The standard InChI is InChI=1S/C20H24O9S/c1-10(21)19(30)17-15(25-11(2)22)16(26-12(3)23)18(27-13(4)24)20(29-17)28-14-8-6-5-7-9-14/h5-9,15-20,30H,1-4H3/t15-,16-,17-,18+,19?,20-/m0/s1. The van der Waals surface area contributed by atoms with Gasteiger partial charge in [0.1, 0.15) is 17.6 Å². The van der Waals surface area contributed by atoms with E-state index in [-0.39, 0.29) is 5.78 Å². The molecule has 1 heterocycles. The van der Waals surface area contributed by atoms with Crippen LogP contribution in [0.25, 0.3) is 0 Å². The highest BCUT2D eigenvalue weighted by molar-refractivity contribution is 7.81. The summed E-state index contributed by atoms with van der Waals surface area (Å²) in [4.78, 5) is 47.2. The highest BCUT2D eigenvalue weighted by Crippen LogP contribution is 2.33. The number of ether oxygens (including phenoxy) is 5. The molecule has 1 aromatic rings. The highest BCUT2D eigenvalue weighted by atomic mass is 32.1. The van der Waals surface area contributed by atoms with E-state index >= 15 is 0 Å². The first-order valence-corrected chi connectivity index (χ1v) is 9.69. The summed E-state index contributed by atoms with van der Waals surface area (Å²) in [6.45, 7) is 4.75. The quantitative estimate of drug-likeness (QED) is 0.382. The van der Waals surface area contributed by atoms with Crippen molar-refractivity contribution < 1.29 is 42.9 Å². The predicted molar refractivity (Wildman–Crippen MR) is 106 cm³/mol. The van der Waals surface area contributed by atoms with Gasteiger partial charge in [-0.3, -0.25) is 19.2 Å². The Morgan fingerprint density at radius 3 is 1.83 bits per heavy atom. The minimum Gasteiger partial charge on any atom is -0.461 e. The Morgan fingerprint density at radius 2 is 1.33 bits per heavy atom. The van der Waals surface area contributed by atoms with E-state index in [9.17, 15) is 19.2 Å². The summed E-state index contributed by atoms with van der Waals surface area (Å²) in [6.07, 6.45) is -6.25. The molecule has 0 N–H and O–H groups in total. The van der Waals surface area contributed by atoms with E-state index in [1.165, 1.54) is 6.92 Å². The SMILES string of the molecule is CC(=O)O[C@@H]1[C@@H](OC(C)=O)[C@@H](Oc2ccccc2)O[C@H](C(S)C(C)=O)[C@H]1OC(C)=O. The number of ketones is 1. The van der Waals surface area contributed by atoms with Gasteiger partial charge in [0.25, 0.3) is 0 Å². The molecule has 1 unspecified atom stereocenters. The molecule has 9 nitrogen and oxygen atoms in total. The van der Waals surface area contributed by atoms with E-state index in [0.29, 0.717) is 5.75 Å². The average molecular weight is 440 g/mol. The Hall–Kier alpha value is -2.59. The van der Waals surface area contributed by atoms with Gasteiger partial charge in [0, 0.05) is 20.8 Å². The number of esters is 3. The Kier molecular flexibility index (Phi) is 8.24. The summed E-state index contributed by atoms with van der Waals surface area (Å²) in [7, 11) is 0. The normalized spacial score (nSPS) is 26.8. The molecule has 6 atom stereocenters. The lowest BCUT2D eigenvalue weighted by atomic mass is 9.94. The van der Waals surface area contributed by atoms with E-state index in [1.54, 1.807) is 30.3 Å². The molecule has 1 aliphatic rings. The van der Waals surface area contributed by atoms with Crippen LogP contribution in [-0.2, 0) is 38.1 Å². The largest absolute Gasteiger partial charge is 0.461 e. The van der Waals surface area contributed by atoms with Crippen LogP contribution in [0.3, 0.4) is 0 Å². The van der Waals surface area contributed by atoms with Crippen LogP contribution in [0.4, 0.5) is 0 Å². The van der Waals surface area contributed by atoms with Gasteiger partial charge in [0.15, 0.2) is 12.2 Å². The Labute approximate surface area is 179 Å². The third-order valence-corrected chi connectivity index (χ3v) is 4.82. The molecule has 30 heavy (non-hydrogen) atoms. The number of Topliss-reactive ketones (excluding diaryl/α,β-unsaturated/α-hetero) is 1. The molecule has 0 amide bonds. The molecule has 0 spiro atoms. The number of carbonyl (C=O) groups is 4. The summed E-state index contributed by atoms with van der Waals surface area (Å²) < 4.78 is 27.7. The van der Waals surface area contributed by atoms with E-state index in [0.717, 1.165) is 20.8 Å². The first kappa shape index (κ1) is 23.7. The maximum absolute atomic E-state index is 12.0. The van der Waals surface area contributed by atoms with Crippen LogP contribution in [0.5, 0.6) is 5.75 Å². The number of thiol groups is 1. The number of hydrogen-bond acceptors (Lipinski definition) is 10. The van der Waals surface area contributed by atoms with Crippen molar-refractivity contribution in [2.24, 2.45) is 0 Å². The van der Waals surface area contributed by atoms with Gasteiger partial charge in [-0.05, 0) is 19.1 Å². The Morgan fingerprint density at radius 1 is 0.833 bits per heavy atom. The number of rotatable bonds is 7. The molecule has 1 saturated heterocycles. The van der Waals surface area contributed by atoms with Crippen LogP contribution in [0.15, 0.2) is 30.3 Å². The van der Waals surface area contributed by atoms with Gasteiger partial charge < -0.3 is 23.7 Å². The van der Waals surface area contributed by atoms with Crippen molar-refractivity contribution in [3.63, 3.8) is 0 Å². The molecular formula is C20H24O9S. The zero-order valence-electron chi connectivity index (χ0n) is 17.0. The second-order valence-electron chi connectivity index (χ2n) is 6.68. The molecule has 0 aliphatic carbocycles. The monoisotopic (exact) mass is 440 g/mol. The van der Waals surface area contributed by atoms with Crippen LogP contribution in [-0.4, -0.2) is 59.6 Å². The van der Waals surface area contributed by atoms with Crippen molar-refractivity contribution in [3.05, 3.63) is 30.3 Å². The van der Waals surface area contributed by atoms with Crippen LogP contribution in [0.1, 0.15) is 27.7 Å². The molecule has 1 fully saturated rings. The zero-order chi connectivity index (χ0) is 22.4. The van der Waals surface area contributed by atoms with E-state index in [1.807, 2.05) is 0 Å². The van der Waals surface area contributed by atoms with Gasteiger partial charge in [-0.15, -0.1) is 0 Å². The van der Waals surface area contributed by atoms with Crippen molar-refractivity contribution in [2.75, 3.05) is 0 Å². The second kappa shape index (κ2) is 10.4. The molecule has 0 radical (unpaired) electrons. The van der Waals surface area contributed by atoms with Crippen molar-refractivity contribution in [1.82, 2.24) is 0 Å². The zero-order valence-corrected chi connectivity index (χ0v) is 17.9. The Bertz CT molecular complexity index is 782. The van der Waals surface area contributed by atoms with Crippen LogP contribution >= 0.6 is 12.6 Å². The van der Waals surface area contributed by atoms with Gasteiger partial charge in [0.2, 0.25) is 12.4 Å². The third-order valence-electron chi connectivity index (χ3n) is 4.16. The summed E-state index contributed by atoms with van der Waals surface area (Å²) in [5, 5.41) is -1.03. The fourth-order valence-electron chi connectivity index (χ4n) is 3.02. The molecule has 164 valence electrons. The van der Waals surface area contributed by atoms with Gasteiger partial charge in [-0.1, -0.05) is 18.2 Å². The van der Waals surface area contributed by atoms with E-state index in [2.05, 4.69) is 12.6 Å². The minimum atomic E-state index is -1.29. The molecule has 0 aromatic heterocycles. The van der Waals surface area contributed by atoms with E-state index in [4.69, 9.17) is 23.7 Å². The number of hydrogen-bond donors (Lipinski definition) is 1. The number of carbonyl (C=O) groups excluding carboxylic acids is 4. The lowest BCUT2D eigenvalue weighted by molar-refractivity contribution is -0.282. The first-order chi connectivity index (χ1) is 14.1. The number of para-hydroxylation sites is 1. The topological polar surface area (TPSA) is 114 Å². The molecule has 1 aliphatic heterocycles. The van der Waals surface area contributed by atoms with Gasteiger partial charge in [0.05, 0.1) is 5.25 Å². The maximum atomic E-state index is 12.0. The third kappa shape index (κ3) is 6.20. The van der Waals surface area contributed by atoms with Crippen molar-refractivity contribution in [3.8, 4) is 5.75 Å². The van der Waals surface area contributed by atoms with Gasteiger partial charge in [-0.25, -0.2) is 0 Å². The maximum Gasteiger partial charge on any atom is 0.303 e. The summed E-state index contributed by atoms with van der Waals surface area (Å²) >= 11 is 4.28. The molecule has 10 heteroatoms. The smallest absolute Gasteiger partial charge is 0.303 e. The van der Waals surface area contributed by atoms with Crippen molar-refractivity contribution in [2.45, 2.75) is 63.7 Å². The predicted octanol–water partition coefficient (Wildman–Crippen LogP) is 1.47. The van der Waals surface area contributed by atoms with Crippen LogP contribution in [0, 0.1) is 0 Å². The highest BCUT2D eigenvalue weighted by Gasteiger charge is 2.55. The summed E-state index contributed by atoms with van der Waals surface area (Å²) in [5.74, 6) is -2.11. The lowest BCUT2D eigenvalue weighted by Gasteiger charge is -2.45. The molecule has 0 saturated carbocycles. The summed E-state index contributed by atoms with van der Waals surface area (Å²) in [6, 6.07) is 8.51. The molecular weight excluding hydrogens is 416 g/mol. The minimum absolute atomic E-state index is 0.369. The Balaban J connectivity index is 2.50. The lowest BCUT2D eigenvalue weighted by Crippen LogP contribution is -2.65. The molecule has 1 aromatic carbocycles. The van der Waals surface area contributed by atoms with E-state index < -0.39 is 53.9 Å². The van der Waals surface area contributed by atoms with Crippen LogP contribution < -0.4 is 4.74 Å². The van der Waals surface area contributed by atoms with Gasteiger partial charge >= 0.3 is 17.9 Å². The molecule has 0 bridgehead atoms.